The highest BCUT2D eigenvalue weighted by Gasteiger charge is 2.39. The normalized spacial score (nSPS) is 14.6. The lowest BCUT2D eigenvalue weighted by molar-refractivity contribution is -0.159. The lowest BCUT2D eigenvalue weighted by Gasteiger charge is -2.36. The molecule has 0 fully saturated rings. The molecule has 3 N–H and O–H groups in total. The first-order valence-corrected chi connectivity index (χ1v) is 15.3. The monoisotopic (exact) mass is 508 g/mol. The van der Waals surface area contributed by atoms with Gasteiger partial charge < -0.3 is 25.0 Å². The predicted octanol–water partition coefficient (Wildman–Crippen LogP) is 6.46. The number of nitrogens with one attached hydrogen (secondary N) is 1. The van der Waals surface area contributed by atoms with Gasteiger partial charge in [0.15, 0.2) is 0 Å². The summed E-state index contributed by atoms with van der Waals surface area (Å²) in [7, 11) is -2.03. The quantitative estimate of drug-likeness (QED) is 0.238. The maximum atomic E-state index is 12.6. The Labute approximate surface area is 213 Å². The minimum Gasteiger partial charge on any atom is -0.542 e. The largest absolute Gasteiger partial charge is 0.542 e. The number of esters is 1. The van der Waals surface area contributed by atoms with Crippen molar-refractivity contribution in [1.29, 1.82) is 0 Å². The van der Waals surface area contributed by atoms with Gasteiger partial charge in [-0.15, -0.1) is 0 Å². The third-order valence-corrected chi connectivity index (χ3v) is 10.2. The highest BCUT2D eigenvalue weighted by molar-refractivity contribution is 6.74. The summed E-state index contributed by atoms with van der Waals surface area (Å²) in [5, 5.41) is 2.98. The van der Waals surface area contributed by atoms with Crippen LogP contribution in [0.1, 0.15) is 81.2 Å². The molecule has 35 heavy (non-hydrogen) atoms. The van der Waals surface area contributed by atoms with E-state index in [0.29, 0.717) is 24.3 Å². The van der Waals surface area contributed by atoms with Gasteiger partial charge in [-0.05, 0) is 90.2 Å². The van der Waals surface area contributed by atoms with Crippen LogP contribution >= 0.6 is 0 Å². The van der Waals surface area contributed by atoms with E-state index in [0.717, 1.165) is 5.56 Å². The van der Waals surface area contributed by atoms with Gasteiger partial charge in [0.25, 0.3) is 8.32 Å². The summed E-state index contributed by atoms with van der Waals surface area (Å²) in [6.07, 6.45) is 0.359. The van der Waals surface area contributed by atoms with Crippen LogP contribution in [0.25, 0.3) is 0 Å². The molecule has 0 spiro atoms. The van der Waals surface area contributed by atoms with Crippen LogP contribution in [-0.2, 0) is 20.7 Å². The molecule has 0 unspecified atom stereocenters. The van der Waals surface area contributed by atoms with E-state index >= 15 is 0 Å². The molecule has 0 bridgehead atoms. The van der Waals surface area contributed by atoms with Crippen LogP contribution in [-0.4, -0.2) is 37.6 Å². The Morgan fingerprint density at radius 1 is 0.971 bits per heavy atom. The predicted molar refractivity (Wildman–Crippen MR) is 145 cm³/mol. The van der Waals surface area contributed by atoms with Crippen molar-refractivity contribution in [3.8, 4) is 5.75 Å². The first-order chi connectivity index (χ1) is 15.6. The average Bonchev–Trinajstić information content (AvgIpc) is 2.59. The number of ether oxygens (including phenoxy) is 2. The van der Waals surface area contributed by atoms with Gasteiger partial charge in [0.2, 0.25) is 0 Å². The molecule has 0 aliphatic heterocycles. The smallest absolute Gasteiger partial charge is 0.407 e. The van der Waals surface area contributed by atoms with Crippen LogP contribution in [0, 0.1) is 5.92 Å². The van der Waals surface area contributed by atoms with Crippen LogP contribution in [0.5, 0.6) is 5.75 Å². The second-order valence-electron chi connectivity index (χ2n) is 13.0. The van der Waals surface area contributed by atoms with Gasteiger partial charge >= 0.3 is 12.1 Å². The Bertz CT molecular complexity index is 879. The van der Waals surface area contributed by atoms with Gasteiger partial charge in [0.1, 0.15) is 17.0 Å². The van der Waals surface area contributed by atoms with Crippen LogP contribution in [0.2, 0.25) is 18.1 Å². The van der Waals surface area contributed by atoms with Gasteiger partial charge in [-0.2, -0.15) is 0 Å². The summed E-state index contributed by atoms with van der Waals surface area (Å²) in [6.45, 7) is 23.7. The molecule has 0 saturated heterocycles. The van der Waals surface area contributed by atoms with Gasteiger partial charge in [0, 0.05) is 6.04 Å². The van der Waals surface area contributed by atoms with Crippen molar-refractivity contribution >= 4 is 26.1 Å². The van der Waals surface area contributed by atoms with Gasteiger partial charge in [-0.1, -0.05) is 33.8 Å². The van der Waals surface area contributed by atoms with Crippen molar-refractivity contribution in [2.24, 2.45) is 5.92 Å². The van der Waals surface area contributed by atoms with E-state index in [9.17, 15) is 9.59 Å². The van der Waals surface area contributed by atoms with E-state index in [1.54, 1.807) is 0 Å². The van der Waals surface area contributed by atoms with Crippen LogP contribution in [0.15, 0.2) is 18.2 Å². The molecule has 0 aromatic heterocycles. The van der Waals surface area contributed by atoms with Crippen LogP contribution < -0.4 is 15.5 Å². The van der Waals surface area contributed by atoms with E-state index in [-0.39, 0.29) is 17.0 Å². The molecule has 7 nitrogen and oxygen atoms in total. The third-order valence-electron chi connectivity index (χ3n) is 5.90. The molecule has 1 amide bonds. The van der Waals surface area contributed by atoms with Crippen molar-refractivity contribution in [3.05, 3.63) is 23.8 Å². The molecule has 0 radical (unpaired) electrons. The number of nitrogens with two attached hydrogens (primary N) is 1. The number of amides is 1. The standard InChI is InChI=1S/C27H48N2O5Si/c1-18(23(30)32-25(2,3)4)15-20(29-24(31)33-26(5,6)7)16-19-13-14-22(21(28)17-19)34-35(11,12)27(8,9)10/h13-14,17-18,20H,15-16,28H2,1-12H3,(H,29,31)/t18-,20-/m1/s1. The fourth-order valence-corrected chi connectivity index (χ4v) is 4.17. The minimum absolute atomic E-state index is 0.0539. The Hall–Kier alpha value is -2.22. The Morgan fingerprint density at radius 2 is 1.51 bits per heavy atom. The van der Waals surface area contributed by atoms with E-state index in [1.165, 1.54) is 0 Å². The van der Waals surface area contributed by atoms with E-state index in [2.05, 4.69) is 39.2 Å². The average molecular weight is 509 g/mol. The summed E-state index contributed by atoms with van der Waals surface area (Å²) < 4.78 is 17.4. The zero-order valence-corrected chi connectivity index (χ0v) is 24.9. The zero-order chi connectivity index (χ0) is 27.4. The maximum Gasteiger partial charge on any atom is 0.407 e. The Morgan fingerprint density at radius 3 is 1.97 bits per heavy atom. The molecular formula is C27H48N2O5Si. The molecule has 1 aromatic rings. The highest BCUT2D eigenvalue weighted by atomic mass is 28.4. The van der Waals surface area contributed by atoms with Crippen molar-refractivity contribution in [2.45, 2.75) is 117 Å². The van der Waals surface area contributed by atoms with Crippen molar-refractivity contribution in [2.75, 3.05) is 5.73 Å². The molecule has 8 heteroatoms. The van der Waals surface area contributed by atoms with E-state index in [4.69, 9.17) is 19.6 Å². The first kappa shape index (κ1) is 30.8. The second kappa shape index (κ2) is 11.2. The van der Waals surface area contributed by atoms with Crippen molar-refractivity contribution in [1.82, 2.24) is 5.32 Å². The number of rotatable bonds is 8. The number of hydrogen-bond acceptors (Lipinski definition) is 6. The second-order valence-corrected chi connectivity index (χ2v) is 17.7. The lowest BCUT2D eigenvalue weighted by Crippen LogP contribution is -2.44. The number of benzene rings is 1. The number of nitrogen functional groups attached to an aromatic ring is 1. The lowest BCUT2D eigenvalue weighted by atomic mass is 9.95. The zero-order valence-electron chi connectivity index (χ0n) is 23.9. The van der Waals surface area contributed by atoms with Crippen molar-refractivity contribution < 1.29 is 23.5 Å². The fraction of sp³-hybridized carbons (Fsp3) is 0.704. The summed E-state index contributed by atoms with van der Waals surface area (Å²) in [5.74, 6) is -0.0297. The SMILES string of the molecule is C[C@H](C[C@H](Cc1ccc(O[Si](C)(C)C(C)(C)C)c(N)c1)NC(=O)OC(C)(C)C)C(=O)OC(C)(C)C. The molecule has 0 aliphatic rings. The molecule has 0 heterocycles. The first-order valence-electron chi connectivity index (χ1n) is 12.4. The number of anilines is 1. The van der Waals surface area contributed by atoms with Gasteiger partial charge in [-0.25, -0.2) is 4.79 Å². The minimum atomic E-state index is -2.03. The fourth-order valence-electron chi connectivity index (χ4n) is 3.12. The number of carbonyl (C=O) groups is 2. The van der Waals surface area contributed by atoms with Crippen LogP contribution in [0.4, 0.5) is 10.5 Å². The van der Waals surface area contributed by atoms with Gasteiger partial charge in [0.05, 0.1) is 11.6 Å². The molecule has 1 rings (SSSR count). The Kier molecular flexibility index (Phi) is 9.88. The summed E-state index contributed by atoms with van der Waals surface area (Å²) in [6, 6.07) is 5.39. The highest BCUT2D eigenvalue weighted by Crippen LogP contribution is 2.39. The molecule has 1 aromatic carbocycles. The van der Waals surface area contributed by atoms with Crippen LogP contribution in [0.3, 0.4) is 0 Å². The number of carbonyl (C=O) groups excluding carboxylic acids is 2. The molecular weight excluding hydrogens is 460 g/mol. The summed E-state index contributed by atoms with van der Waals surface area (Å²) in [4.78, 5) is 25.1. The number of alkyl carbamates (subject to hydrolysis) is 1. The third kappa shape index (κ3) is 10.9. The van der Waals surface area contributed by atoms with Crippen molar-refractivity contribution in [3.63, 3.8) is 0 Å². The topological polar surface area (TPSA) is 99.9 Å². The summed E-state index contributed by atoms with van der Waals surface area (Å²) in [5.41, 5.74) is 6.65. The van der Waals surface area contributed by atoms with Gasteiger partial charge in [-0.3, -0.25) is 4.79 Å². The molecule has 2 atom stereocenters. The molecule has 0 saturated carbocycles. The molecule has 0 aliphatic carbocycles. The maximum absolute atomic E-state index is 12.6. The Balaban J connectivity index is 3.08. The summed E-state index contributed by atoms with van der Waals surface area (Å²) >= 11 is 0. The van der Waals surface area contributed by atoms with E-state index in [1.807, 2.05) is 66.7 Å². The number of hydrogen-bond donors (Lipinski definition) is 2. The van der Waals surface area contributed by atoms with E-state index < -0.39 is 31.5 Å². The molecule has 200 valence electrons.